The molecule has 0 aliphatic rings. The lowest BCUT2D eigenvalue weighted by atomic mass is 10.2. The highest BCUT2D eigenvalue weighted by Crippen LogP contribution is 2.26. The zero-order valence-electron chi connectivity index (χ0n) is 9.28. The van der Waals surface area contributed by atoms with Crippen LogP contribution in [0.2, 0.25) is 5.02 Å². The van der Waals surface area contributed by atoms with E-state index in [0.29, 0.717) is 0 Å². The first-order chi connectivity index (χ1) is 8.16. The van der Waals surface area contributed by atoms with Crippen molar-refractivity contribution in [3.63, 3.8) is 0 Å². The lowest BCUT2D eigenvalue weighted by Gasteiger charge is -2.05. The van der Waals surface area contributed by atoms with Crippen molar-refractivity contribution in [1.29, 1.82) is 0 Å². The summed E-state index contributed by atoms with van der Waals surface area (Å²) in [5.41, 5.74) is 2.15. The van der Waals surface area contributed by atoms with E-state index >= 15 is 0 Å². The molecule has 2 aromatic rings. The maximum absolute atomic E-state index is 6.11. The number of rotatable bonds is 3. The van der Waals surface area contributed by atoms with E-state index in [4.69, 9.17) is 11.6 Å². The Hall–Kier alpha value is -0.510. The molecule has 0 atom stereocenters. The molecule has 0 fully saturated rings. The summed E-state index contributed by atoms with van der Waals surface area (Å²) in [6.07, 6.45) is 0. The molecule has 0 unspecified atom stereocenters. The molecule has 88 valence electrons. The topological polar surface area (TPSA) is 12.9 Å². The number of benzene rings is 1. The van der Waals surface area contributed by atoms with E-state index in [1.54, 1.807) is 11.8 Å². The Morgan fingerprint density at radius 3 is 2.71 bits per heavy atom. The van der Waals surface area contributed by atoms with E-state index in [9.17, 15) is 0 Å². The molecule has 1 nitrogen and oxygen atoms in total. The number of aryl methyl sites for hydroxylation is 1. The summed E-state index contributed by atoms with van der Waals surface area (Å²) in [7, 11) is 0. The van der Waals surface area contributed by atoms with E-state index in [-0.39, 0.29) is 0 Å². The largest absolute Gasteiger partial charge is 0.246 e. The monoisotopic (exact) mass is 327 g/mol. The van der Waals surface area contributed by atoms with Crippen LogP contribution in [-0.2, 0) is 5.75 Å². The van der Waals surface area contributed by atoms with Crippen molar-refractivity contribution in [2.24, 2.45) is 0 Å². The molecular formula is C13H11BrClNS. The van der Waals surface area contributed by atoms with Crippen molar-refractivity contribution in [3.8, 4) is 0 Å². The molecule has 4 heteroatoms. The summed E-state index contributed by atoms with van der Waals surface area (Å²) in [6, 6.07) is 11.9. The van der Waals surface area contributed by atoms with Gasteiger partial charge in [-0.25, -0.2) is 4.98 Å². The standard InChI is InChI=1S/C13H11BrClNS/c1-9-11(14)6-7-13(16-9)17-8-10-4-2-3-5-12(10)15/h2-7H,8H2,1H3. The molecule has 0 aliphatic heterocycles. The van der Waals surface area contributed by atoms with Gasteiger partial charge in [-0.15, -0.1) is 11.8 Å². The summed E-state index contributed by atoms with van der Waals surface area (Å²) >= 11 is 11.2. The fourth-order valence-electron chi connectivity index (χ4n) is 1.37. The van der Waals surface area contributed by atoms with Gasteiger partial charge >= 0.3 is 0 Å². The van der Waals surface area contributed by atoms with Gasteiger partial charge in [0.1, 0.15) is 0 Å². The van der Waals surface area contributed by atoms with Crippen LogP contribution in [0.3, 0.4) is 0 Å². The Balaban J connectivity index is 2.08. The molecule has 0 saturated carbocycles. The first kappa shape index (κ1) is 12.9. The van der Waals surface area contributed by atoms with E-state index in [2.05, 4.69) is 20.9 Å². The van der Waals surface area contributed by atoms with Gasteiger partial charge in [-0.05, 0) is 46.6 Å². The van der Waals surface area contributed by atoms with Gasteiger partial charge in [0.2, 0.25) is 0 Å². The number of nitrogens with zero attached hydrogens (tertiary/aromatic N) is 1. The van der Waals surface area contributed by atoms with Gasteiger partial charge in [0, 0.05) is 15.2 Å². The van der Waals surface area contributed by atoms with Crippen molar-refractivity contribution >= 4 is 39.3 Å². The van der Waals surface area contributed by atoms with E-state index in [0.717, 1.165) is 31.5 Å². The van der Waals surface area contributed by atoms with Crippen molar-refractivity contribution in [2.45, 2.75) is 17.7 Å². The third-order valence-electron chi connectivity index (χ3n) is 2.33. The fourth-order valence-corrected chi connectivity index (χ4v) is 2.79. The number of thioether (sulfide) groups is 1. The van der Waals surface area contributed by atoms with Gasteiger partial charge < -0.3 is 0 Å². The molecule has 2 rings (SSSR count). The molecule has 1 heterocycles. The predicted octanol–water partition coefficient (Wildman–Crippen LogP) is 5.10. The first-order valence-electron chi connectivity index (χ1n) is 5.16. The van der Waals surface area contributed by atoms with Crippen LogP contribution in [-0.4, -0.2) is 4.98 Å². The molecule has 17 heavy (non-hydrogen) atoms. The average molecular weight is 329 g/mol. The number of hydrogen-bond acceptors (Lipinski definition) is 2. The second-order valence-corrected chi connectivity index (χ2v) is 5.85. The minimum atomic E-state index is 0.814. The third-order valence-corrected chi connectivity index (χ3v) is 4.51. The lowest BCUT2D eigenvalue weighted by Crippen LogP contribution is -1.87. The Labute approximate surface area is 119 Å². The third kappa shape index (κ3) is 3.47. The molecule has 0 spiro atoms. The van der Waals surface area contributed by atoms with Gasteiger partial charge in [0.25, 0.3) is 0 Å². The highest BCUT2D eigenvalue weighted by atomic mass is 79.9. The quantitative estimate of drug-likeness (QED) is 0.727. The van der Waals surface area contributed by atoms with Gasteiger partial charge in [-0.2, -0.15) is 0 Å². The number of pyridine rings is 1. The highest BCUT2D eigenvalue weighted by Gasteiger charge is 2.03. The Morgan fingerprint density at radius 1 is 1.24 bits per heavy atom. The van der Waals surface area contributed by atoms with Gasteiger partial charge in [-0.3, -0.25) is 0 Å². The maximum Gasteiger partial charge on any atom is 0.0967 e. The molecular weight excluding hydrogens is 318 g/mol. The maximum atomic E-state index is 6.11. The van der Waals surface area contributed by atoms with E-state index < -0.39 is 0 Å². The Bertz CT molecular complexity index is 531. The molecule has 0 amide bonds. The second kappa shape index (κ2) is 5.89. The number of hydrogen-bond donors (Lipinski definition) is 0. The summed E-state index contributed by atoms with van der Waals surface area (Å²) < 4.78 is 1.04. The van der Waals surface area contributed by atoms with Crippen LogP contribution in [0.5, 0.6) is 0 Å². The average Bonchev–Trinajstić information content (AvgIpc) is 2.32. The van der Waals surface area contributed by atoms with Crippen LogP contribution in [0.15, 0.2) is 45.9 Å². The van der Waals surface area contributed by atoms with Gasteiger partial charge in [0.15, 0.2) is 0 Å². The summed E-state index contributed by atoms with van der Waals surface area (Å²) in [4.78, 5) is 4.49. The van der Waals surface area contributed by atoms with Crippen LogP contribution < -0.4 is 0 Å². The molecule has 0 bridgehead atoms. The highest BCUT2D eigenvalue weighted by molar-refractivity contribution is 9.10. The molecule has 1 aromatic heterocycles. The normalized spacial score (nSPS) is 10.5. The van der Waals surface area contributed by atoms with Crippen LogP contribution in [0, 0.1) is 6.92 Å². The molecule has 0 aliphatic carbocycles. The van der Waals surface area contributed by atoms with E-state index in [1.165, 1.54) is 0 Å². The van der Waals surface area contributed by atoms with Gasteiger partial charge in [0.05, 0.1) is 10.7 Å². The molecule has 1 aromatic carbocycles. The Kier molecular flexibility index (Phi) is 4.48. The SMILES string of the molecule is Cc1nc(SCc2ccccc2Cl)ccc1Br. The van der Waals surface area contributed by atoms with Crippen LogP contribution in [0.4, 0.5) is 0 Å². The minimum Gasteiger partial charge on any atom is -0.246 e. The Morgan fingerprint density at radius 2 is 2.00 bits per heavy atom. The van der Waals surface area contributed by atoms with Gasteiger partial charge in [-0.1, -0.05) is 29.8 Å². The van der Waals surface area contributed by atoms with Crippen LogP contribution in [0.25, 0.3) is 0 Å². The zero-order chi connectivity index (χ0) is 12.3. The van der Waals surface area contributed by atoms with Crippen molar-refractivity contribution in [3.05, 3.63) is 57.2 Å². The second-order valence-electron chi connectivity index (χ2n) is 3.60. The predicted molar refractivity (Wildman–Crippen MR) is 77.7 cm³/mol. The first-order valence-corrected chi connectivity index (χ1v) is 7.32. The molecule has 0 saturated heterocycles. The van der Waals surface area contributed by atoms with Crippen molar-refractivity contribution in [1.82, 2.24) is 4.98 Å². The molecule has 0 N–H and O–H groups in total. The zero-order valence-corrected chi connectivity index (χ0v) is 12.4. The summed E-state index contributed by atoms with van der Waals surface area (Å²) in [6.45, 7) is 1.99. The fraction of sp³-hybridized carbons (Fsp3) is 0.154. The number of aromatic nitrogens is 1. The van der Waals surface area contributed by atoms with Crippen LogP contribution >= 0.6 is 39.3 Å². The molecule has 0 radical (unpaired) electrons. The van der Waals surface area contributed by atoms with Crippen molar-refractivity contribution < 1.29 is 0 Å². The van der Waals surface area contributed by atoms with Crippen molar-refractivity contribution in [2.75, 3.05) is 0 Å². The smallest absolute Gasteiger partial charge is 0.0967 e. The summed E-state index contributed by atoms with van der Waals surface area (Å²) in [5.74, 6) is 0.841. The van der Waals surface area contributed by atoms with E-state index in [1.807, 2.05) is 43.3 Å². The van der Waals surface area contributed by atoms with Crippen LogP contribution in [0.1, 0.15) is 11.3 Å². The minimum absolute atomic E-state index is 0.814. The lowest BCUT2D eigenvalue weighted by molar-refractivity contribution is 1.05. The summed E-state index contributed by atoms with van der Waals surface area (Å²) in [5, 5.41) is 1.83. The number of halogens is 2.